The van der Waals surface area contributed by atoms with Crippen LogP contribution in [0.2, 0.25) is 0 Å². The predicted octanol–water partition coefficient (Wildman–Crippen LogP) is 1.72. The second kappa shape index (κ2) is 4.40. The smallest absolute Gasteiger partial charge is 0.349 e. The molecule has 0 saturated carbocycles. The number of nitrogens with one attached hydrogen (secondary N) is 1. The number of carbonyl (C=O) groups is 1. The first-order chi connectivity index (χ1) is 6.20. The van der Waals surface area contributed by atoms with E-state index in [4.69, 9.17) is 10.5 Å². The summed E-state index contributed by atoms with van der Waals surface area (Å²) < 4.78 is 0. The van der Waals surface area contributed by atoms with Crippen molar-refractivity contribution in [3.63, 3.8) is 0 Å². The number of aryl methyl sites for hydroxylation is 1. The molecule has 0 heterocycles. The van der Waals surface area contributed by atoms with E-state index in [1.54, 1.807) is 0 Å². The van der Waals surface area contributed by atoms with Crippen molar-refractivity contribution in [1.82, 2.24) is 0 Å². The van der Waals surface area contributed by atoms with Gasteiger partial charge in [0.25, 0.3) is 0 Å². The molecule has 3 heteroatoms. The van der Waals surface area contributed by atoms with E-state index in [9.17, 15) is 4.79 Å². The molecule has 0 radical (unpaired) electrons. The molecule has 1 rings (SSSR count). The van der Waals surface area contributed by atoms with Gasteiger partial charge >= 0.3 is 5.97 Å². The van der Waals surface area contributed by atoms with Gasteiger partial charge in [-0.15, -0.1) is 0 Å². The molecule has 68 valence electrons. The fourth-order valence-corrected chi connectivity index (χ4v) is 1.02. The summed E-state index contributed by atoms with van der Waals surface area (Å²) in [5, 5.41) is 15.5. The number of benzene rings is 1. The van der Waals surface area contributed by atoms with Gasteiger partial charge < -0.3 is 5.11 Å². The molecule has 3 nitrogen and oxygen atoms in total. The molecule has 0 bridgehead atoms. The van der Waals surface area contributed by atoms with Crippen molar-refractivity contribution in [2.24, 2.45) is 0 Å². The summed E-state index contributed by atoms with van der Waals surface area (Å²) in [7, 11) is 0. The van der Waals surface area contributed by atoms with Gasteiger partial charge in [-0.25, -0.2) is 4.79 Å². The summed E-state index contributed by atoms with van der Waals surface area (Å²) in [6.07, 6.45) is 0.908. The molecule has 0 amide bonds. The van der Waals surface area contributed by atoms with Crippen LogP contribution in [-0.4, -0.2) is 16.8 Å². The Morgan fingerprint density at radius 1 is 1.31 bits per heavy atom. The number of rotatable bonds is 4. The topological polar surface area (TPSA) is 61.2 Å². The monoisotopic (exact) mass is 177 g/mol. The highest BCUT2D eigenvalue weighted by Crippen LogP contribution is 2.02. The fourth-order valence-electron chi connectivity index (χ4n) is 1.02. The molecule has 0 spiro atoms. The summed E-state index contributed by atoms with van der Waals surface area (Å²) >= 11 is 0. The molecule has 0 aromatic heterocycles. The van der Waals surface area contributed by atoms with Crippen molar-refractivity contribution in [3.05, 3.63) is 35.9 Å². The normalized spacial score (nSPS) is 9.54. The molecule has 0 saturated heterocycles. The van der Waals surface area contributed by atoms with Crippen LogP contribution in [0.1, 0.15) is 12.0 Å². The molecule has 0 aliphatic rings. The summed E-state index contributed by atoms with van der Waals surface area (Å²) in [4.78, 5) is 10.3. The SMILES string of the molecule is N=C(CCc1ccccc1)C(=O)O. The van der Waals surface area contributed by atoms with Gasteiger partial charge in [-0.05, 0) is 12.0 Å². The highest BCUT2D eigenvalue weighted by Gasteiger charge is 2.05. The average molecular weight is 177 g/mol. The summed E-state index contributed by atoms with van der Waals surface area (Å²) in [6, 6.07) is 9.57. The van der Waals surface area contributed by atoms with Crippen molar-refractivity contribution in [2.75, 3.05) is 0 Å². The number of aliphatic carboxylic acids is 1. The second-order valence-electron chi connectivity index (χ2n) is 2.77. The van der Waals surface area contributed by atoms with Gasteiger partial charge in [-0.2, -0.15) is 0 Å². The maximum Gasteiger partial charge on any atom is 0.349 e. The van der Waals surface area contributed by atoms with Crippen LogP contribution in [-0.2, 0) is 11.2 Å². The number of hydrogen-bond acceptors (Lipinski definition) is 2. The van der Waals surface area contributed by atoms with Crippen molar-refractivity contribution in [2.45, 2.75) is 12.8 Å². The van der Waals surface area contributed by atoms with Gasteiger partial charge in [0.15, 0.2) is 0 Å². The Kier molecular flexibility index (Phi) is 3.20. The highest BCUT2D eigenvalue weighted by molar-refractivity contribution is 6.34. The maximum atomic E-state index is 10.3. The summed E-state index contributed by atoms with van der Waals surface area (Å²) in [6.45, 7) is 0. The molecular weight excluding hydrogens is 166 g/mol. The lowest BCUT2D eigenvalue weighted by Gasteiger charge is -1.98. The Bertz CT molecular complexity index is 306. The molecule has 0 atom stereocenters. The van der Waals surface area contributed by atoms with E-state index >= 15 is 0 Å². The zero-order valence-electron chi connectivity index (χ0n) is 7.16. The van der Waals surface area contributed by atoms with Gasteiger partial charge in [-0.1, -0.05) is 30.3 Å². The molecule has 0 aliphatic carbocycles. The van der Waals surface area contributed by atoms with E-state index in [1.807, 2.05) is 30.3 Å². The molecule has 0 fully saturated rings. The first kappa shape index (κ1) is 9.45. The standard InChI is InChI=1S/C10H11NO2/c11-9(10(12)13)7-6-8-4-2-1-3-5-8/h1-5,11H,6-7H2,(H,12,13). The molecule has 2 N–H and O–H groups in total. The minimum atomic E-state index is -1.13. The van der Waals surface area contributed by atoms with E-state index in [2.05, 4.69) is 0 Å². The molecule has 13 heavy (non-hydrogen) atoms. The van der Waals surface area contributed by atoms with Gasteiger partial charge in [-0.3, -0.25) is 5.41 Å². The van der Waals surface area contributed by atoms with Crippen LogP contribution in [0.25, 0.3) is 0 Å². The highest BCUT2D eigenvalue weighted by atomic mass is 16.4. The van der Waals surface area contributed by atoms with Crippen LogP contribution >= 0.6 is 0 Å². The van der Waals surface area contributed by atoms with Crippen molar-refractivity contribution in [3.8, 4) is 0 Å². The van der Waals surface area contributed by atoms with E-state index < -0.39 is 5.97 Å². The fraction of sp³-hybridized carbons (Fsp3) is 0.200. The lowest BCUT2D eigenvalue weighted by atomic mass is 10.1. The second-order valence-corrected chi connectivity index (χ2v) is 2.77. The van der Waals surface area contributed by atoms with Gasteiger partial charge in [0.05, 0.1) is 0 Å². The zero-order valence-corrected chi connectivity index (χ0v) is 7.16. The van der Waals surface area contributed by atoms with Crippen LogP contribution in [0.4, 0.5) is 0 Å². The van der Waals surface area contributed by atoms with E-state index in [1.165, 1.54) is 0 Å². The predicted molar refractivity (Wildman–Crippen MR) is 50.1 cm³/mol. The molecular formula is C10H11NO2. The van der Waals surface area contributed by atoms with Gasteiger partial charge in [0.1, 0.15) is 5.71 Å². The number of carboxylic acid groups (broad SMARTS) is 1. The first-order valence-electron chi connectivity index (χ1n) is 4.05. The Morgan fingerprint density at radius 2 is 1.92 bits per heavy atom. The van der Waals surface area contributed by atoms with Gasteiger partial charge in [0, 0.05) is 6.42 Å². The number of carboxylic acids is 1. The van der Waals surface area contributed by atoms with E-state index in [0.717, 1.165) is 5.56 Å². The summed E-state index contributed by atoms with van der Waals surface area (Å²) in [5.41, 5.74) is 0.831. The van der Waals surface area contributed by atoms with Crippen LogP contribution in [0.3, 0.4) is 0 Å². The minimum Gasteiger partial charge on any atom is -0.477 e. The van der Waals surface area contributed by atoms with Crippen LogP contribution in [0.15, 0.2) is 30.3 Å². The van der Waals surface area contributed by atoms with E-state index in [0.29, 0.717) is 12.8 Å². The lowest BCUT2D eigenvalue weighted by molar-refractivity contribution is -0.129. The van der Waals surface area contributed by atoms with Gasteiger partial charge in [0.2, 0.25) is 0 Å². The van der Waals surface area contributed by atoms with Crippen LogP contribution < -0.4 is 0 Å². The zero-order chi connectivity index (χ0) is 9.68. The Balaban J connectivity index is 2.44. The van der Waals surface area contributed by atoms with Crippen molar-refractivity contribution < 1.29 is 9.90 Å². The third kappa shape index (κ3) is 3.07. The van der Waals surface area contributed by atoms with Crippen LogP contribution in [0, 0.1) is 5.41 Å². The molecule has 1 aromatic rings. The maximum absolute atomic E-state index is 10.3. The molecule has 1 aromatic carbocycles. The Hall–Kier alpha value is -1.64. The van der Waals surface area contributed by atoms with E-state index in [-0.39, 0.29) is 5.71 Å². The first-order valence-corrected chi connectivity index (χ1v) is 4.05. The van der Waals surface area contributed by atoms with Crippen molar-refractivity contribution >= 4 is 11.7 Å². The number of hydrogen-bond donors (Lipinski definition) is 2. The van der Waals surface area contributed by atoms with Crippen molar-refractivity contribution in [1.29, 1.82) is 5.41 Å². The molecule has 0 unspecified atom stereocenters. The minimum absolute atomic E-state index is 0.233. The summed E-state index contributed by atoms with van der Waals surface area (Å²) in [5.74, 6) is -1.13. The lowest BCUT2D eigenvalue weighted by Crippen LogP contribution is -2.11. The Labute approximate surface area is 76.5 Å². The third-order valence-electron chi connectivity index (χ3n) is 1.76. The third-order valence-corrected chi connectivity index (χ3v) is 1.76. The molecule has 0 aliphatic heterocycles. The largest absolute Gasteiger partial charge is 0.477 e. The quantitative estimate of drug-likeness (QED) is 0.688. The van der Waals surface area contributed by atoms with Crippen LogP contribution in [0.5, 0.6) is 0 Å². The Morgan fingerprint density at radius 3 is 2.46 bits per heavy atom. The average Bonchev–Trinajstić information content (AvgIpc) is 2.15.